The van der Waals surface area contributed by atoms with Crippen LogP contribution in [0, 0.1) is 5.82 Å². The van der Waals surface area contributed by atoms with Gasteiger partial charge in [-0.25, -0.2) is 4.39 Å². The predicted molar refractivity (Wildman–Crippen MR) is 119 cm³/mol. The maximum atomic E-state index is 14.2. The van der Waals surface area contributed by atoms with Crippen LogP contribution in [0.5, 0.6) is 5.75 Å². The zero-order chi connectivity index (χ0) is 22.3. The number of hydrogen-bond donors (Lipinski definition) is 1. The molecule has 1 N–H and O–H groups in total. The number of amides is 2. The molecule has 0 aliphatic rings. The van der Waals surface area contributed by atoms with E-state index in [0.717, 1.165) is 6.42 Å². The van der Waals surface area contributed by atoms with Gasteiger partial charge in [-0.3, -0.25) is 9.59 Å². The fourth-order valence-electron chi connectivity index (χ4n) is 2.67. The van der Waals surface area contributed by atoms with Gasteiger partial charge in [0.1, 0.15) is 17.6 Å². The molecule has 0 bridgehead atoms. The number of carbonyl (C=O) groups excluding carboxylic acids is 2. The normalized spacial score (nSPS) is 12.7. The van der Waals surface area contributed by atoms with Gasteiger partial charge < -0.3 is 15.0 Å². The summed E-state index contributed by atoms with van der Waals surface area (Å²) in [6.07, 6.45) is 0.757. The van der Waals surface area contributed by atoms with Gasteiger partial charge in [-0.1, -0.05) is 36.7 Å². The quantitative estimate of drug-likeness (QED) is 0.531. The highest BCUT2D eigenvalue weighted by Gasteiger charge is 2.28. The molecule has 0 aromatic heterocycles. The molecule has 2 aromatic carbocycles. The average molecular weight is 500 g/mol. The molecule has 0 saturated carbocycles. The van der Waals surface area contributed by atoms with Crippen molar-refractivity contribution in [2.45, 2.75) is 45.8 Å². The molecule has 0 heterocycles. The van der Waals surface area contributed by atoms with Crippen molar-refractivity contribution in [1.29, 1.82) is 0 Å². The lowest BCUT2D eigenvalue weighted by atomic mass is 10.1. The molecule has 5 nitrogen and oxygen atoms in total. The number of nitrogens with zero attached hydrogens (tertiary/aromatic N) is 1. The Hall–Kier alpha value is -2.12. The van der Waals surface area contributed by atoms with Crippen molar-refractivity contribution in [2.75, 3.05) is 6.61 Å². The van der Waals surface area contributed by atoms with E-state index in [0.29, 0.717) is 20.8 Å². The van der Waals surface area contributed by atoms with Crippen molar-refractivity contribution < 1.29 is 18.7 Å². The third-order valence-electron chi connectivity index (χ3n) is 4.71. The molecule has 30 heavy (non-hydrogen) atoms. The van der Waals surface area contributed by atoms with Crippen molar-refractivity contribution in [1.82, 2.24) is 10.2 Å². The summed E-state index contributed by atoms with van der Waals surface area (Å²) < 4.78 is 20.4. The highest BCUT2D eigenvalue weighted by molar-refractivity contribution is 9.10. The molecule has 2 atom stereocenters. The zero-order valence-electron chi connectivity index (χ0n) is 17.1. The highest BCUT2D eigenvalue weighted by atomic mass is 79.9. The SMILES string of the molecule is CC[C@H](C)NC(=O)[C@@H](C)N(Cc1ccccc1F)C(=O)COc1ccc(Cl)cc1Br. The Morgan fingerprint density at radius 3 is 2.57 bits per heavy atom. The minimum absolute atomic E-state index is 0.0355. The second-order valence-corrected chi connectivity index (χ2v) is 8.26. The Bertz CT molecular complexity index is 896. The maximum Gasteiger partial charge on any atom is 0.261 e. The standard InChI is InChI=1S/C22H25BrClFN2O3/c1-4-14(2)26-22(29)15(3)27(12-16-7-5-6-8-19(16)25)21(28)13-30-20-10-9-17(24)11-18(20)23/h5-11,14-15H,4,12-13H2,1-3H3,(H,26,29)/t14-,15+/m0/s1. The van der Waals surface area contributed by atoms with Crippen LogP contribution in [0.4, 0.5) is 4.39 Å². The second-order valence-electron chi connectivity index (χ2n) is 6.97. The van der Waals surface area contributed by atoms with Gasteiger partial charge in [0.05, 0.1) is 4.47 Å². The maximum absolute atomic E-state index is 14.2. The Morgan fingerprint density at radius 2 is 1.93 bits per heavy atom. The van der Waals surface area contributed by atoms with E-state index in [1.807, 2.05) is 13.8 Å². The first-order chi connectivity index (χ1) is 14.2. The largest absolute Gasteiger partial charge is 0.483 e. The lowest BCUT2D eigenvalue weighted by Crippen LogP contribution is -2.50. The second kappa shape index (κ2) is 11.3. The van der Waals surface area contributed by atoms with Crippen LogP contribution in [0.2, 0.25) is 5.02 Å². The summed E-state index contributed by atoms with van der Waals surface area (Å²) in [5.41, 5.74) is 0.321. The smallest absolute Gasteiger partial charge is 0.261 e. The third-order valence-corrected chi connectivity index (χ3v) is 5.57. The summed E-state index contributed by atoms with van der Waals surface area (Å²) in [6.45, 7) is 5.10. The molecule has 2 amide bonds. The van der Waals surface area contributed by atoms with E-state index < -0.39 is 17.8 Å². The first-order valence-electron chi connectivity index (χ1n) is 9.64. The number of benzene rings is 2. The summed E-state index contributed by atoms with van der Waals surface area (Å²) in [7, 11) is 0. The van der Waals surface area contributed by atoms with E-state index in [1.165, 1.54) is 11.0 Å². The number of rotatable bonds is 9. The number of carbonyl (C=O) groups is 2. The van der Waals surface area contributed by atoms with E-state index in [4.69, 9.17) is 16.3 Å². The molecule has 0 radical (unpaired) electrons. The Labute approximate surface area is 189 Å². The van der Waals surface area contributed by atoms with Crippen LogP contribution in [-0.2, 0) is 16.1 Å². The first-order valence-corrected chi connectivity index (χ1v) is 10.8. The molecule has 8 heteroatoms. The molecule has 0 fully saturated rings. The van der Waals surface area contributed by atoms with Gasteiger partial charge >= 0.3 is 0 Å². The zero-order valence-corrected chi connectivity index (χ0v) is 19.5. The van der Waals surface area contributed by atoms with E-state index >= 15 is 0 Å². The van der Waals surface area contributed by atoms with Crippen molar-refractivity contribution in [3.05, 3.63) is 63.3 Å². The van der Waals surface area contributed by atoms with Gasteiger partial charge in [-0.2, -0.15) is 0 Å². The van der Waals surface area contributed by atoms with Gasteiger partial charge in [-0.15, -0.1) is 0 Å². The van der Waals surface area contributed by atoms with Crippen LogP contribution in [0.25, 0.3) is 0 Å². The van der Waals surface area contributed by atoms with Crippen molar-refractivity contribution >= 4 is 39.3 Å². The number of hydrogen-bond acceptors (Lipinski definition) is 3. The number of halogens is 3. The molecule has 0 unspecified atom stereocenters. The van der Waals surface area contributed by atoms with E-state index in [1.54, 1.807) is 43.3 Å². The Kier molecular flexibility index (Phi) is 9.11. The van der Waals surface area contributed by atoms with Crippen molar-refractivity contribution in [3.8, 4) is 5.75 Å². The average Bonchev–Trinajstić information content (AvgIpc) is 2.71. The topological polar surface area (TPSA) is 58.6 Å². The molecule has 0 aliphatic heterocycles. The fourth-order valence-corrected chi connectivity index (χ4v) is 3.47. The van der Waals surface area contributed by atoms with Crippen LogP contribution < -0.4 is 10.1 Å². The van der Waals surface area contributed by atoms with Crippen molar-refractivity contribution in [2.24, 2.45) is 0 Å². The van der Waals surface area contributed by atoms with E-state index in [9.17, 15) is 14.0 Å². The molecule has 2 rings (SSSR count). The lowest BCUT2D eigenvalue weighted by Gasteiger charge is -2.29. The van der Waals surface area contributed by atoms with Gasteiger partial charge in [0, 0.05) is 23.2 Å². The van der Waals surface area contributed by atoms with Gasteiger partial charge in [-0.05, 0) is 60.5 Å². The molecule has 2 aromatic rings. The summed E-state index contributed by atoms with van der Waals surface area (Å²) in [4.78, 5) is 26.9. The van der Waals surface area contributed by atoms with Gasteiger partial charge in [0.15, 0.2) is 6.61 Å². The van der Waals surface area contributed by atoms with Crippen LogP contribution in [0.15, 0.2) is 46.9 Å². The molecular formula is C22H25BrClFN2O3. The molecule has 0 aliphatic carbocycles. The van der Waals surface area contributed by atoms with Gasteiger partial charge in [0.2, 0.25) is 5.91 Å². The van der Waals surface area contributed by atoms with Gasteiger partial charge in [0.25, 0.3) is 5.91 Å². The summed E-state index contributed by atoms with van der Waals surface area (Å²) in [6, 6.07) is 10.3. The third kappa shape index (κ3) is 6.71. The minimum atomic E-state index is -0.802. The minimum Gasteiger partial charge on any atom is -0.483 e. The van der Waals surface area contributed by atoms with Crippen LogP contribution in [0.1, 0.15) is 32.8 Å². The summed E-state index contributed by atoms with van der Waals surface area (Å²) in [5, 5.41) is 3.39. The lowest BCUT2D eigenvalue weighted by molar-refractivity contribution is -0.142. The fraction of sp³-hybridized carbons (Fsp3) is 0.364. The number of nitrogens with one attached hydrogen (secondary N) is 1. The molecule has 0 spiro atoms. The van der Waals surface area contributed by atoms with Crippen LogP contribution in [-0.4, -0.2) is 35.4 Å². The number of ether oxygens (including phenoxy) is 1. The summed E-state index contributed by atoms with van der Waals surface area (Å²) in [5.74, 6) is -0.741. The molecule has 162 valence electrons. The molecule has 0 saturated heterocycles. The highest BCUT2D eigenvalue weighted by Crippen LogP contribution is 2.28. The Morgan fingerprint density at radius 1 is 1.23 bits per heavy atom. The van der Waals surface area contributed by atoms with Crippen LogP contribution in [0.3, 0.4) is 0 Å². The van der Waals surface area contributed by atoms with Crippen LogP contribution >= 0.6 is 27.5 Å². The monoisotopic (exact) mass is 498 g/mol. The van der Waals surface area contributed by atoms with Crippen molar-refractivity contribution in [3.63, 3.8) is 0 Å². The molecular weight excluding hydrogens is 475 g/mol. The predicted octanol–water partition coefficient (Wildman–Crippen LogP) is 4.95. The Balaban J connectivity index is 2.19. The van der Waals surface area contributed by atoms with E-state index in [2.05, 4.69) is 21.2 Å². The first kappa shape index (κ1) is 24.2. The van der Waals surface area contributed by atoms with E-state index in [-0.39, 0.29) is 25.1 Å². The summed E-state index contributed by atoms with van der Waals surface area (Å²) >= 11 is 9.26.